The van der Waals surface area contributed by atoms with Crippen LogP contribution in [0.3, 0.4) is 0 Å². The minimum atomic E-state index is 0.172. The SMILES string of the molecule is Cc1ccc2[nH]c(C(=O)N3CCCC(N4CCCC4)C3)c(C)c2c1. The summed E-state index contributed by atoms with van der Waals surface area (Å²) in [5, 5.41) is 1.17. The van der Waals surface area contributed by atoms with E-state index in [0.29, 0.717) is 6.04 Å². The predicted octanol–water partition coefficient (Wildman–Crippen LogP) is 3.49. The Morgan fingerprint density at radius 2 is 1.92 bits per heavy atom. The fourth-order valence-corrected chi connectivity index (χ4v) is 4.36. The van der Waals surface area contributed by atoms with Gasteiger partial charge in [0.15, 0.2) is 0 Å². The molecule has 2 aromatic rings. The Balaban J connectivity index is 1.57. The van der Waals surface area contributed by atoms with E-state index >= 15 is 0 Å². The second-order valence-electron chi connectivity index (χ2n) is 7.46. The summed E-state index contributed by atoms with van der Waals surface area (Å²) in [5.74, 6) is 0.172. The highest BCUT2D eigenvalue weighted by Crippen LogP contribution is 2.26. The van der Waals surface area contributed by atoms with E-state index in [4.69, 9.17) is 0 Å². The third-order valence-electron chi connectivity index (χ3n) is 5.77. The number of carbonyl (C=O) groups excluding carboxylic acids is 1. The number of hydrogen-bond donors (Lipinski definition) is 1. The molecule has 0 radical (unpaired) electrons. The van der Waals surface area contributed by atoms with Crippen LogP contribution in [0.15, 0.2) is 18.2 Å². The number of amides is 1. The summed E-state index contributed by atoms with van der Waals surface area (Å²) in [4.78, 5) is 21.1. The summed E-state index contributed by atoms with van der Waals surface area (Å²) >= 11 is 0. The summed E-state index contributed by atoms with van der Waals surface area (Å²) < 4.78 is 0. The van der Waals surface area contributed by atoms with Crippen LogP contribution >= 0.6 is 0 Å². The first-order chi connectivity index (χ1) is 11.6. The van der Waals surface area contributed by atoms with Gasteiger partial charge in [-0.2, -0.15) is 0 Å². The van der Waals surface area contributed by atoms with E-state index in [2.05, 4.69) is 46.8 Å². The van der Waals surface area contributed by atoms with Crippen LogP contribution in [-0.2, 0) is 0 Å². The maximum atomic E-state index is 13.1. The summed E-state index contributed by atoms with van der Waals surface area (Å²) in [6.07, 6.45) is 4.97. The molecule has 2 aliphatic rings. The zero-order valence-corrected chi connectivity index (χ0v) is 14.8. The van der Waals surface area contributed by atoms with Gasteiger partial charge in [0.25, 0.3) is 5.91 Å². The normalized spacial score (nSPS) is 22.4. The average molecular weight is 325 g/mol. The molecule has 2 fully saturated rings. The van der Waals surface area contributed by atoms with Crippen molar-refractivity contribution in [1.29, 1.82) is 0 Å². The molecule has 0 aliphatic carbocycles. The smallest absolute Gasteiger partial charge is 0.270 e. The van der Waals surface area contributed by atoms with Gasteiger partial charge in [-0.15, -0.1) is 0 Å². The van der Waals surface area contributed by atoms with Crippen molar-refractivity contribution in [1.82, 2.24) is 14.8 Å². The molecular formula is C20H27N3O. The fourth-order valence-electron chi connectivity index (χ4n) is 4.36. The molecule has 3 heterocycles. The molecule has 1 aromatic carbocycles. The number of likely N-dealkylation sites (tertiary alicyclic amines) is 2. The number of nitrogens with one attached hydrogen (secondary N) is 1. The Morgan fingerprint density at radius 1 is 1.12 bits per heavy atom. The van der Waals surface area contributed by atoms with Crippen molar-refractivity contribution >= 4 is 16.8 Å². The van der Waals surface area contributed by atoms with Gasteiger partial charge in [0.2, 0.25) is 0 Å². The molecule has 1 unspecified atom stereocenters. The Labute approximate surface area is 143 Å². The third kappa shape index (κ3) is 2.73. The van der Waals surface area contributed by atoms with Crippen molar-refractivity contribution in [2.45, 2.75) is 45.6 Å². The molecule has 24 heavy (non-hydrogen) atoms. The molecule has 2 saturated heterocycles. The van der Waals surface area contributed by atoms with E-state index in [9.17, 15) is 4.79 Å². The highest BCUT2D eigenvalue weighted by atomic mass is 16.2. The molecule has 2 aliphatic heterocycles. The van der Waals surface area contributed by atoms with E-state index in [-0.39, 0.29) is 5.91 Å². The van der Waals surface area contributed by atoms with Gasteiger partial charge in [0.05, 0.1) is 0 Å². The Kier molecular flexibility index (Phi) is 4.09. The van der Waals surface area contributed by atoms with Gasteiger partial charge in [-0.05, 0) is 70.3 Å². The maximum Gasteiger partial charge on any atom is 0.270 e. The number of carbonyl (C=O) groups is 1. The average Bonchev–Trinajstić information content (AvgIpc) is 3.24. The van der Waals surface area contributed by atoms with Gasteiger partial charge >= 0.3 is 0 Å². The van der Waals surface area contributed by atoms with E-state index < -0.39 is 0 Å². The minimum Gasteiger partial charge on any atom is -0.350 e. The predicted molar refractivity (Wildman–Crippen MR) is 97.5 cm³/mol. The number of fused-ring (bicyclic) bond motifs is 1. The molecule has 4 nitrogen and oxygen atoms in total. The molecule has 4 rings (SSSR count). The molecule has 4 heteroatoms. The molecule has 0 saturated carbocycles. The van der Waals surface area contributed by atoms with Crippen LogP contribution in [0.5, 0.6) is 0 Å². The third-order valence-corrected chi connectivity index (χ3v) is 5.77. The fraction of sp³-hybridized carbons (Fsp3) is 0.550. The largest absolute Gasteiger partial charge is 0.350 e. The minimum absolute atomic E-state index is 0.172. The first kappa shape index (κ1) is 15.7. The number of hydrogen-bond acceptors (Lipinski definition) is 2. The topological polar surface area (TPSA) is 39.3 Å². The van der Waals surface area contributed by atoms with Crippen molar-refractivity contribution in [3.05, 3.63) is 35.0 Å². The zero-order chi connectivity index (χ0) is 16.7. The lowest BCUT2D eigenvalue weighted by Gasteiger charge is -2.37. The van der Waals surface area contributed by atoms with Gasteiger partial charge in [-0.1, -0.05) is 11.6 Å². The van der Waals surface area contributed by atoms with Crippen molar-refractivity contribution in [3.8, 4) is 0 Å². The summed E-state index contributed by atoms with van der Waals surface area (Å²) in [5.41, 5.74) is 4.16. The number of benzene rings is 1. The lowest BCUT2D eigenvalue weighted by atomic mass is 10.0. The number of rotatable bonds is 2. The number of aryl methyl sites for hydroxylation is 2. The van der Waals surface area contributed by atoms with Crippen LogP contribution in [0, 0.1) is 13.8 Å². The first-order valence-electron chi connectivity index (χ1n) is 9.26. The van der Waals surface area contributed by atoms with Crippen LogP contribution < -0.4 is 0 Å². The van der Waals surface area contributed by atoms with Crippen LogP contribution in [0.1, 0.15) is 47.3 Å². The maximum absolute atomic E-state index is 13.1. The number of H-pyrrole nitrogens is 1. The molecule has 1 N–H and O–H groups in total. The number of aromatic nitrogens is 1. The second-order valence-corrected chi connectivity index (χ2v) is 7.46. The quantitative estimate of drug-likeness (QED) is 0.918. The van der Waals surface area contributed by atoms with Crippen LogP contribution in [0.2, 0.25) is 0 Å². The molecular weight excluding hydrogens is 298 g/mol. The van der Waals surface area contributed by atoms with Crippen LogP contribution in [0.25, 0.3) is 10.9 Å². The van der Waals surface area contributed by atoms with Crippen molar-refractivity contribution < 1.29 is 4.79 Å². The summed E-state index contributed by atoms with van der Waals surface area (Å²) in [6, 6.07) is 6.90. The molecule has 0 spiro atoms. The monoisotopic (exact) mass is 325 g/mol. The molecule has 1 atom stereocenters. The van der Waals surface area contributed by atoms with E-state index in [1.807, 2.05) is 0 Å². The summed E-state index contributed by atoms with van der Waals surface area (Å²) in [6.45, 7) is 8.34. The van der Waals surface area contributed by atoms with E-state index in [0.717, 1.165) is 36.3 Å². The molecule has 128 valence electrons. The van der Waals surface area contributed by atoms with Gasteiger partial charge in [-0.25, -0.2) is 0 Å². The van der Waals surface area contributed by atoms with Gasteiger partial charge in [-0.3, -0.25) is 9.69 Å². The van der Waals surface area contributed by atoms with Crippen LogP contribution in [0.4, 0.5) is 0 Å². The second kappa shape index (κ2) is 6.25. The van der Waals surface area contributed by atoms with Crippen molar-refractivity contribution in [3.63, 3.8) is 0 Å². The highest BCUT2D eigenvalue weighted by molar-refractivity contribution is 6.01. The molecule has 1 amide bonds. The number of piperidine rings is 1. The van der Waals surface area contributed by atoms with Crippen LogP contribution in [-0.4, -0.2) is 52.9 Å². The van der Waals surface area contributed by atoms with E-state index in [1.165, 1.54) is 43.3 Å². The lowest BCUT2D eigenvalue weighted by molar-refractivity contribution is 0.0602. The Bertz CT molecular complexity index is 758. The van der Waals surface area contributed by atoms with Gasteiger partial charge in [0.1, 0.15) is 5.69 Å². The Morgan fingerprint density at radius 3 is 2.71 bits per heavy atom. The first-order valence-corrected chi connectivity index (χ1v) is 9.26. The van der Waals surface area contributed by atoms with Gasteiger partial charge < -0.3 is 9.88 Å². The number of aromatic amines is 1. The van der Waals surface area contributed by atoms with E-state index in [1.54, 1.807) is 0 Å². The Hall–Kier alpha value is -1.81. The number of nitrogens with zero attached hydrogens (tertiary/aromatic N) is 2. The van der Waals surface area contributed by atoms with Gasteiger partial charge in [0, 0.05) is 30.0 Å². The summed E-state index contributed by atoms with van der Waals surface area (Å²) in [7, 11) is 0. The lowest BCUT2D eigenvalue weighted by Crippen LogP contribution is -2.49. The molecule has 0 bridgehead atoms. The standard InChI is InChI=1S/C20H27N3O/c1-14-7-8-18-17(12-14)15(2)19(21-18)20(24)23-11-5-6-16(13-23)22-9-3-4-10-22/h7-8,12,16,21H,3-6,9-11,13H2,1-2H3. The highest BCUT2D eigenvalue weighted by Gasteiger charge is 2.30. The van der Waals surface area contributed by atoms with Crippen molar-refractivity contribution in [2.24, 2.45) is 0 Å². The molecule has 1 aromatic heterocycles. The van der Waals surface area contributed by atoms with Crippen molar-refractivity contribution in [2.75, 3.05) is 26.2 Å². The zero-order valence-electron chi connectivity index (χ0n) is 14.8.